The molecular weight excluding hydrogens is 727 g/mol. The minimum atomic E-state index is -4.64. The van der Waals surface area contributed by atoms with Gasteiger partial charge in [0.2, 0.25) is 0 Å². The lowest BCUT2D eigenvalue weighted by molar-refractivity contribution is -0.161. The number of carbonyl (C=O) groups is 2. The number of hydrogen-bond donors (Lipinski definition) is 5. The molecule has 0 radical (unpaired) electrons. The lowest BCUT2D eigenvalue weighted by Gasteiger charge is -2.20. The van der Waals surface area contributed by atoms with Crippen LogP contribution in [0.5, 0.6) is 0 Å². The van der Waals surface area contributed by atoms with Crippen LogP contribution in [-0.4, -0.2) is 88.1 Å². The Hall–Kier alpha value is -1.37. The van der Waals surface area contributed by atoms with Gasteiger partial charge in [-0.1, -0.05) is 142 Å². The van der Waals surface area contributed by atoms with Gasteiger partial charge in [0.1, 0.15) is 12.7 Å². The average molecular weight is 809 g/mol. The van der Waals surface area contributed by atoms with E-state index in [0.717, 1.165) is 103 Å². The number of phosphoric acid groups is 1. The van der Waals surface area contributed by atoms with Gasteiger partial charge in [-0.25, -0.2) is 4.57 Å². The molecule has 5 unspecified atom stereocenters. The van der Waals surface area contributed by atoms with E-state index in [4.69, 9.17) is 19.1 Å². The number of carbonyl (C=O) groups excluding carboxylic acids is 2. The number of esters is 2. The van der Waals surface area contributed by atoms with E-state index in [2.05, 4.69) is 30.5 Å². The van der Waals surface area contributed by atoms with E-state index < -0.39 is 64.0 Å². The molecule has 0 aliphatic rings. The van der Waals surface area contributed by atoms with Crippen LogP contribution in [0.25, 0.3) is 0 Å². The summed E-state index contributed by atoms with van der Waals surface area (Å²) in [4.78, 5) is 35.0. The minimum absolute atomic E-state index is 0.123. The first-order chi connectivity index (χ1) is 26.5. The molecule has 5 atom stereocenters. The van der Waals surface area contributed by atoms with Gasteiger partial charge in [-0.2, -0.15) is 0 Å². The number of allylic oxidation sites excluding steroid dienone is 2. The van der Waals surface area contributed by atoms with Crippen molar-refractivity contribution in [2.45, 2.75) is 218 Å². The van der Waals surface area contributed by atoms with Crippen LogP contribution in [-0.2, 0) is 32.7 Å². The zero-order valence-corrected chi connectivity index (χ0v) is 35.5. The number of unbranched alkanes of at least 4 members (excludes halogenated alkanes) is 20. The molecule has 0 rings (SSSR count). The first-order valence-corrected chi connectivity index (χ1v) is 23.3. The summed E-state index contributed by atoms with van der Waals surface area (Å²) in [6.45, 7) is 2.16. The van der Waals surface area contributed by atoms with Gasteiger partial charge in [-0.15, -0.1) is 0 Å². The number of phosphoric ester groups is 1. The van der Waals surface area contributed by atoms with Gasteiger partial charge in [0, 0.05) is 12.8 Å². The van der Waals surface area contributed by atoms with Gasteiger partial charge >= 0.3 is 19.8 Å². The molecule has 0 saturated heterocycles. The Bertz CT molecular complexity index is 965. The third-order valence-electron chi connectivity index (χ3n) is 9.61. The number of hydrogen-bond acceptors (Lipinski definition) is 11. The monoisotopic (exact) mass is 809 g/mol. The smallest absolute Gasteiger partial charge is 0.462 e. The van der Waals surface area contributed by atoms with Crippen molar-refractivity contribution in [3.05, 3.63) is 12.2 Å². The predicted molar refractivity (Wildman–Crippen MR) is 217 cm³/mol. The van der Waals surface area contributed by atoms with Gasteiger partial charge < -0.3 is 34.8 Å². The highest BCUT2D eigenvalue weighted by molar-refractivity contribution is 7.47. The van der Waals surface area contributed by atoms with E-state index in [1.165, 1.54) is 38.5 Å². The van der Waals surface area contributed by atoms with Crippen molar-refractivity contribution in [2.24, 2.45) is 0 Å². The lowest BCUT2D eigenvalue weighted by Crippen LogP contribution is -2.29. The first kappa shape index (κ1) is 53.6. The van der Waals surface area contributed by atoms with Gasteiger partial charge in [0.05, 0.1) is 32.0 Å². The van der Waals surface area contributed by atoms with Crippen molar-refractivity contribution >= 4 is 19.8 Å². The van der Waals surface area contributed by atoms with Crippen LogP contribution in [0.4, 0.5) is 0 Å². The Morgan fingerprint density at radius 2 is 0.982 bits per heavy atom. The van der Waals surface area contributed by atoms with E-state index >= 15 is 0 Å². The van der Waals surface area contributed by atoms with E-state index in [1.807, 2.05) is 0 Å². The highest BCUT2D eigenvalue weighted by Crippen LogP contribution is 2.43. The summed E-state index contributed by atoms with van der Waals surface area (Å²) >= 11 is 0. The van der Waals surface area contributed by atoms with Crippen molar-refractivity contribution in [3.63, 3.8) is 0 Å². The summed E-state index contributed by atoms with van der Waals surface area (Å²) in [7, 11) is -4.64. The molecule has 13 heteroatoms. The lowest BCUT2D eigenvalue weighted by atomic mass is 10.00. The Kier molecular flexibility index (Phi) is 37.2. The molecule has 0 aromatic carbocycles. The van der Waals surface area contributed by atoms with E-state index in [1.54, 1.807) is 0 Å². The van der Waals surface area contributed by atoms with Gasteiger partial charge in [-0.05, 0) is 51.4 Å². The van der Waals surface area contributed by atoms with Crippen LogP contribution in [0.1, 0.15) is 194 Å². The molecular formula is C42H81O12P. The molecule has 0 saturated carbocycles. The van der Waals surface area contributed by atoms with Crippen molar-refractivity contribution < 1.29 is 58.0 Å². The summed E-state index contributed by atoms with van der Waals surface area (Å²) in [5.41, 5.74) is 0. The number of ether oxygens (including phenoxy) is 2. The SMILES string of the molecule is CCCCCCCC/C=C\CCCCCCCC(=O)OCC(COP(=O)(O)OCC(O)CO)OC(=O)CCCCCCCCCC(O)C(O)CCCCCC. The van der Waals surface area contributed by atoms with Gasteiger partial charge in [-0.3, -0.25) is 18.6 Å². The topological polar surface area (TPSA) is 189 Å². The molecule has 0 aliphatic heterocycles. The predicted octanol–water partition coefficient (Wildman–Crippen LogP) is 9.17. The molecule has 0 aromatic rings. The molecule has 0 heterocycles. The molecule has 326 valence electrons. The van der Waals surface area contributed by atoms with Crippen molar-refractivity contribution in [3.8, 4) is 0 Å². The fraction of sp³-hybridized carbons (Fsp3) is 0.905. The molecule has 0 amide bonds. The fourth-order valence-corrected chi connectivity index (χ4v) is 6.87. The highest BCUT2D eigenvalue weighted by atomic mass is 31.2. The second-order valence-corrected chi connectivity index (χ2v) is 16.5. The first-order valence-electron chi connectivity index (χ1n) is 21.8. The van der Waals surface area contributed by atoms with Crippen LogP contribution in [0.3, 0.4) is 0 Å². The molecule has 0 aliphatic carbocycles. The number of aliphatic hydroxyl groups is 4. The van der Waals surface area contributed by atoms with E-state index in [-0.39, 0.29) is 19.4 Å². The Balaban J connectivity index is 4.37. The minimum Gasteiger partial charge on any atom is -0.462 e. The standard InChI is InChI=1S/C42H81O12P/c1-3-5-7-9-10-11-12-13-14-15-16-17-20-23-27-31-41(47)51-35-38(36-53-55(49,50)52-34-37(44)33-43)54-42(48)32-28-24-21-18-19-22-26-30-40(46)39(45)29-25-8-6-4-2/h13-14,37-40,43-46H,3-12,15-36H2,1-2H3,(H,49,50)/b14-13-. The third-order valence-corrected chi connectivity index (χ3v) is 10.6. The maximum atomic E-state index is 12.6. The molecule has 0 aromatic heterocycles. The molecule has 12 nitrogen and oxygen atoms in total. The van der Waals surface area contributed by atoms with E-state index in [0.29, 0.717) is 25.7 Å². The van der Waals surface area contributed by atoms with Gasteiger partial charge in [0.25, 0.3) is 0 Å². The zero-order chi connectivity index (χ0) is 40.8. The number of aliphatic hydroxyl groups excluding tert-OH is 4. The quantitative estimate of drug-likeness (QED) is 0.0171. The second kappa shape index (κ2) is 38.2. The Morgan fingerprint density at radius 1 is 0.564 bits per heavy atom. The maximum absolute atomic E-state index is 12.6. The van der Waals surface area contributed by atoms with Crippen LogP contribution < -0.4 is 0 Å². The number of rotatable bonds is 41. The Morgan fingerprint density at radius 3 is 1.49 bits per heavy atom. The van der Waals surface area contributed by atoms with Crippen molar-refractivity contribution in [1.82, 2.24) is 0 Å². The molecule has 55 heavy (non-hydrogen) atoms. The van der Waals surface area contributed by atoms with Crippen molar-refractivity contribution in [2.75, 3.05) is 26.4 Å². The molecule has 0 fully saturated rings. The summed E-state index contributed by atoms with van der Waals surface area (Å²) in [5.74, 6) is -1.00. The van der Waals surface area contributed by atoms with Gasteiger partial charge in [0.15, 0.2) is 6.10 Å². The third kappa shape index (κ3) is 36.7. The van der Waals surface area contributed by atoms with Crippen LogP contribution >= 0.6 is 7.82 Å². The zero-order valence-electron chi connectivity index (χ0n) is 34.6. The van der Waals surface area contributed by atoms with Crippen molar-refractivity contribution in [1.29, 1.82) is 0 Å². The summed E-state index contributed by atoms with van der Waals surface area (Å²) < 4.78 is 32.6. The normalized spacial score (nSPS) is 15.1. The highest BCUT2D eigenvalue weighted by Gasteiger charge is 2.27. The molecule has 0 bridgehead atoms. The second-order valence-electron chi connectivity index (χ2n) is 15.0. The summed E-state index contributed by atoms with van der Waals surface area (Å²) in [6.07, 6.45) is 27.7. The summed E-state index contributed by atoms with van der Waals surface area (Å²) in [6, 6.07) is 0. The molecule has 5 N–H and O–H groups in total. The fourth-order valence-electron chi connectivity index (χ4n) is 6.08. The summed E-state index contributed by atoms with van der Waals surface area (Å²) in [5, 5.41) is 38.6. The van der Waals surface area contributed by atoms with Crippen LogP contribution in [0.2, 0.25) is 0 Å². The van der Waals surface area contributed by atoms with Crippen LogP contribution in [0, 0.1) is 0 Å². The van der Waals surface area contributed by atoms with Crippen LogP contribution in [0.15, 0.2) is 12.2 Å². The van der Waals surface area contributed by atoms with E-state index in [9.17, 15) is 34.4 Å². The largest absolute Gasteiger partial charge is 0.472 e. The Labute approximate surface area is 333 Å². The molecule has 0 spiro atoms. The maximum Gasteiger partial charge on any atom is 0.472 e. The average Bonchev–Trinajstić information content (AvgIpc) is 3.17.